The van der Waals surface area contributed by atoms with Crippen LogP contribution in [0.4, 0.5) is 24.9 Å². The van der Waals surface area contributed by atoms with Gasteiger partial charge in [-0.1, -0.05) is 27.2 Å². The van der Waals surface area contributed by atoms with E-state index in [-0.39, 0.29) is 11.9 Å². The maximum absolute atomic E-state index is 12.7. The number of alkyl halides is 3. The lowest BCUT2D eigenvalue weighted by molar-refractivity contribution is -0.115. The van der Waals surface area contributed by atoms with Crippen molar-refractivity contribution >= 4 is 44.1 Å². The van der Waals surface area contributed by atoms with Gasteiger partial charge in [-0.25, -0.2) is 9.97 Å². The van der Waals surface area contributed by atoms with Crippen molar-refractivity contribution in [2.24, 2.45) is 5.92 Å². The van der Waals surface area contributed by atoms with E-state index in [1.165, 1.54) is 11.3 Å². The number of pyridine rings is 1. The number of fused-ring (bicyclic) bond motifs is 1. The number of hydrogen-bond donors (Lipinski definition) is 2. The van der Waals surface area contributed by atoms with Gasteiger partial charge in [0, 0.05) is 35.5 Å². The summed E-state index contributed by atoms with van der Waals surface area (Å²) in [4.78, 5) is 17.3. The Hall–Kier alpha value is -2.34. The van der Waals surface area contributed by atoms with Gasteiger partial charge in [0.25, 0.3) is 0 Å². The minimum Gasteiger partial charge on any atom is -0.369 e. The number of nitrogens with one attached hydrogen (secondary N) is 2. The topological polar surface area (TPSA) is 92.7 Å². The van der Waals surface area contributed by atoms with Crippen LogP contribution in [0, 0.1) is 12.8 Å². The van der Waals surface area contributed by atoms with Crippen molar-refractivity contribution < 1.29 is 17.4 Å². The zero-order valence-electron chi connectivity index (χ0n) is 20.0. The summed E-state index contributed by atoms with van der Waals surface area (Å²) >= 11 is 1.44. The van der Waals surface area contributed by atoms with Gasteiger partial charge >= 0.3 is 6.18 Å². The fourth-order valence-corrected chi connectivity index (χ4v) is 5.33. The van der Waals surface area contributed by atoms with E-state index in [4.69, 9.17) is 0 Å². The van der Waals surface area contributed by atoms with Gasteiger partial charge in [0.05, 0.1) is 22.2 Å². The number of aryl methyl sites for hydroxylation is 1. The van der Waals surface area contributed by atoms with Crippen LogP contribution in [0.3, 0.4) is 0 Å². The third-order valence-electron chi connectivity index (χ3n) is 4.83. The average molecular weight is 517 g/mol. The number of anilines is 2. The van der Waals surface area contributed by atoms with Crippen LogP contribution >= 0.6 is 11.3 Å². The molecule has 0 bridgehead atoms. The van der Waals surface area contributed by atoms with Gasteiger partial charge in [-0.15, -0.1) is 11.3 Å². The third kappa shape index (κ3) is 8.15. The molecule has 0 aliphatic rings. The largest absolute Gasteiger partial charge is 0.405 e. The van der Waals surface area contributed by atoms with Crippen LogP contribution in [-0.2, 0) is 10.8 Å². The minimum absolute atomic E-state index is 0.101. The number of rotatable bonds is 10. The summed E-state index contributed by atoms with van der Waals surface area (Å²) in [5.74, 6) is 1.20. The van der Waals surface area contributed by atoms with Crippen LogP contribution in [0.15, 0.2) is 18.5 Å². The first-order valence-electron chi connectivity index (χ1n) is 11.1. The van der Waals surface area contributed by atoms with E-state index in [0.29, 0.717) is 34.4 Å². The lowest BCUT2D eigenvalue weighted by Crippen LogP contribution is -2.23. The standard InChI is InChI=1S/C20H25F3N6OS2.C2H6/c1-4-13(10-32(3)30)5-8-25-17-16(18-28-14-9-24-7-6-15(14)31-18)12(2)27-19(29-17)26-11-20(21,22)23;1-2/h6-7,9,13H,4-5,8,10-11H2,1-3H3,(H2,25,26,27,29);1-2H3. The highest BCUT2D eigenvalue weighted by Gasteiger charge is 2.27. The van der Waals surface area contributed by atoms with Crippen molar-refractivity contribution in [3.05, 3.63) is 24.2 Å². The Labute approximate surface area is 204 Å². The zero-order valence-corrected chi connectivity index (χ0v) is 21.6. The van der Waals surface area contributed by atoms with Crippen LogP contribution in [0.5, 0.6) is 0 Å². The fourth-order valence-electron chi connectivity index (χ4n) is 3.23. The molecule has 0 aliphatic carbocycles. The molecule has 0 amide bonds. The van der Waals surface area contributed by atoms with Gasteiger partial charge in [-0.2, -0.15) is 18.2 Å². The molecule has 7 nitrogen and oxygen atoms in total. The normalized spacial score (nSPS) is 13.2. The highest BCUT2D eigenvalue weighted by molar-refractivity contribution is 7.84. The average Bonchev–Trinajstić information content (AvgIpc) is 3.21. The first-order chi connectivity index (χ1) is 16.2. The van der Waals surface area contributed by atoms with E-state index in [2.05, 4.69) is 30.6 Å². The molecule has 2 N–H and O–H groups in total. The van der Waals surface area contributed by atoms with Gasteiger partial charge < -0.3 is 10.6 Å². The van der Waals surface area contributed by atoms with Crippen LogP contribution < -0.4 is 10.6 Å². The molecule has 3 aromatic heterocycles. The molecule has 3 aromatic rings. The van der Waals surface area contributed by atoms with Gasteiger partial charge in [-0.3, -0.25) is 9.19 Å². The summed E-state index contributed by atoms with van der Waals surface area (Å²) in [6, 6.07) is 1.86. The Bertz CT molecular complexity index is 1060. The molecule has 0 aromatic carbocycles. The lowest BCUT2D eigenvalue weighted by atomic mass is 10.1. The molecule has 188 valence electrons. The summed E-state index contributed by atoms with van der Waals surface area (Å²) < 4.78 is 50.5. The number of nitrogens with zero attached hydrogens (tertiary/aromatic N) is 4. The number of hydrogen-bond acceptors (Lipinski definition) is 8. The smallest absolute Gasteiger partial charge is 0.369 e. The van der Waals surface area contributed by atoms with Gasteiger partial charge in [-0.05, 0) is 25.3 Å². The first-order valence-corrected chi connectivity index (χ1v) is 13.6. The lowest BCUT2D eigenvalue weighted by Gasteiger charge is -2.17. The molecular formula is C22H31F3N6OS2. The summed E-state index contributed by atoms with van der Waals surface area (Å²) in [5.41, 5.74) is 1.89. The van der Waals surface area contributed by atoms with Crippen LogP contribution in [0.1, 0.15) is 39.3 Å². The maximum atomic E-state index is 12.7. The van der Waals surface area contributed by atoms with Crippen molar-refractivity contribution in [1.82, 2.24) is 19.9 Å². The molecule has 2 atom stereocenters. The summed E-state index contributed by atoms with van der Waals surface area (Å²) in [5, 5.41) is 6.17. The van der Waals surface area contributed by atoms with E-state index in [1.54, 1.807) is 25.6 Å². The van der Waals surface area contributed by atoms with E-state index in [0.717, 1.165) is 23.1 Å². The van der Waals surface area contributed by atoms with Crippen molar-refractivity contribution in [3.63, 3.8) is 0 Å². The molecular weight excluding hydrogens is 485 g/mol. The zero-order chi connectivity index (χ0) is 25.3. The van der Waals surface area contributed by atoms with Crippen molar-refractivity contribution in [2.75, 3.05) is 35.7 Å². The molecule has 34 heavy (non-hydrogen) atoms. The quantitative estimate of drug-likeness (QED) is 0.359. The van der Waals surface area contributed by atoms with E-state index >= 15 is 0 Å². The first kappa shape index (κ1) is 27.9. The van der Waals surface area contributed by atoms with E-state index in [1.807, 2.05) is 26.8 Å². The molecule has 0 saturated carbocycles. The van der Waals surface area contributed by atoms with E-state index < -0.39 is 23.5 Å². The van der Waals surface area contributed by atoms with Crippen LogP contribution in [0.2, 0.25) is 0 Å². The van der Waals surface area contributed by atoms with Gasteiger partial charge in [0.1, 0.15) is 22.9 Å². The molecule has 3 heterocycles. The summed E-state index contributed by atoms with van der Waals surface area (Å²) in [6.45, 7) is 7.08. The molecule has 2 unspecified atom stereocenters. The van der Waals surface area contributed by atoms with Crippen molar-refractivity contribution in [1.29, 1.82) is 0 Å². The molecule has 0 fully saturated rings. The second-order valence-electron chi connectivity index (χ2n) is 7.42. The Morgan fingerprint density at radius 1 is 1.18 bits per heavy atom. The highest BCUT2D eigenvalue weighted by atomic mass is 32.2. The highest BCUT2D eigenvalue weighted by Crippen LogP contribution is 2.36. The van der Waals surface area contributed by atoms with Gasteiger partial charge in [0.2, 0.25) is 5.95 Å². The maximum Gasteiger partial charge on any atom is 0.405 e. The van der Waals surface area contributed by atoms with Crippen molar-refractivity contribution in [3.8, 4) is 10.6 Å². The molecule has 3 rings (SSSR count). The molecule has 12 heteroatoms. The van der Waals surface area contributed by atoms with Crippen LogP contribution in [0.25, 0.3) is 20.8 Å². The summed E-state index contributed by atoms with van der Waals surface area (Å²) in [7, 11) is -0.889. The van der Waals surface area contributed by atoms with Gasteiger partial charge in [0.15, 0.2) is 0 Å². The fraction of sp³-hybridized carbons (Fsp3) is 0.545. The molecule has 0 aliphatic heterocycles. The van der Waals surface area contributed by atoms with Crippen molar-refractivity contribution in [2.45, 2.75) is 46.7 Å². The second-order valence-corrected chi connectivity index (χ2v) is 9.93. The SMILES string of the molecule is CC.CCC(CCNc1nc(NCC(F)(F)F)nc(C)c1-c1nc2cnccc2s1)CS(C)=O. The number of thiazole rings is 1. The van der Waals surface area contributed by atoms with E-state index in [9.17, 15) is 17.4 Å². The predicted octanol–water partition coefficient (Wildman–Crippen LogP) is 5.66. The minimum atomic E-state index is -4.38. The van der Waals surface area contributed by atoms with Crippen LogP contribution in [-0.4, -0.2) is 55.4 Å². The Balaban J connectivity index is 0.00000199. The molecule has 0 radical (unpaired) electrons. The monoisotopic (exact) mass is 516 g/mol. The second kappa shape index (κ2) is 12.9. The predicted molar refractivity (Wildman–Crippen MR) is 135 cm³/mol. The molecule has 0 saturated heterocycles. The Kier molecular flexibility index (Phi) is 10.6. The summed E-state index contributed by atoms with van der Waals surface area (Å²) in [6.07, 6.45) is 2.29. The Morgan fingerprint density at radius 2 is 1.91 bits per heavy atom. The molecule has 0 spiro atoms. The Morgan fingerprint density at radius 3 is 2.53 bits per heavy atom. The number of halogens is 3. The number of aromatic nitrogens is 4. The third-order valence-corrected chi connectivity index (χ3v) is 6.83.